The number of hydrogen-bond acceptors (Lipinski definition) is 3. The molecule has 0 saturated heterocycles. The lowest BCUT2D eigenvalue weighted by Gasteiger charge is -2.17. The summed E-state index contributed by atoms with van der Waals surface area (Å²) in [6.07, 6.45) is -2.15. The minimum atomic E-state index is -2.76. The van der Waals surface area contributed by atoms with Gasteiger partial charge in [-0.05, 0) is 36.5 Å². The molecule has 0 aliphatic rings. The van der Waals surface area contributed by atoms with E-state index in [1.807, 2.05) is 6.92 Å². The van der Waals surface area contributed by atoms with Crippen molar-refractivity contribution in [2.45, 2.75) is 40.0 Å². The first-order valence-electron chi connectivity index (χ1n) is 8.43. The third-order valence-corrected chi connectivity index (χ3v) is 3.83. The summed E-state index contributed by atoms with van der Waals surface area (Å²) in [5.41, 5.74) is -0.253. The summed E-state index contributed by atoms with van der Waals surface area (Å²) in [5.74, 6) is 0.718. The highest BCUT2D eigenvalue weighted by atomic mass is 19.3. The van der Waals surface area contributed by atoms with Crippen molar-refractivity contribution < 1.29 is 22.3 Å². The largest absolute Gasteiger partial charge is 0.491 e. The molecule has 0 aliphatic carbocycles. The number of rotatable bonds is 8. The summed E-state index contributed by atoms with van der Waals surface area (Å²) < 4.78 is 57.9. The zero-order chi connectivity index (χ0) is 19.3. The SMILES string of the molecule is CC(C)CC(C)COc1cnc(-c2ccnc(C(F)F)c2)cc1C(F)F. The van der Waals surface area contributed by atoms with Gasteiger partial charge in [0.05, 0.1) is 24.1 Å². The van der Waals surface area contributed by atoms with Crippen LogP contribution in [0.25, 0.3) is 11.3 Å². The minimum absolute atomic E-state index is 0.0162. The molecule has 7 heteroatoms. The van der Waals surface area contributed by atoms with E-state index in [1.165, 1.54) is 24.5 Å². The molecule has 26 heavy (non-hydrogen) atoms. The molecule has 0 bridgehead atoms. The molecule has 2 aromatic rings. The lowest BCUT2D eigenvalue weighted by molar-refractivity contribution is 0.142. The molecule has 0 aromatic carbocycles. The number of halogens is 4. The Morgan fingerprint density at radius 1 is 1.00 bits per heavy atom. The highest BCUT2D eigenvalue weighted by Crippen LogP contribution is 2.33. The molecule has 2 heterocycles. The Morgan fingerprint density at radius 2 is 1.73 bits per heavy atom. The molecule has 0 spiro atoms. The molecule has 0 saturated carbocycles. The second-order valence-corrected chi connectivity index (χ2v) is 6.72. The second-order valence-electron chi connectivity index (χ2n) is 6.72. The molecule has 1 unspecified atom stereocenters. The summed E-state index contributed by atoms with van der Waals surface area (Å²) in [6, 6.07) is 3.78. The summed E-state index contributed by atoms with van der Waals surface area (Å²) in [4.78, 5) is 7.66. The quantitative estimate of drug-likeness (QED) is 0.528. The molecule has 0 fully saturated rings. The fourth-order valence-electron chi connectivity index (χ4n) is 2.74. The molecule has 0 radical (unpaired) electrons. The number of hydrogen-bond donors (Lipinski definition) is 0. The first-order chi connectivity index (χ1) is 12.3. The maximum Gasteiger partial charge on any atom is 0.280 e. The van der Waals surface area contributed by atoms with Crippen molar-refractivity contribution >= 4 is 0 Å². The van der Waals surface area contributed by atoms with Gasteiger partial charge in [0, 0.05) is 11.8 Å². The van der Waals surface area contributed by atoms with E-state index in [0.29, 0.717) is 18.1 Å². The smallest absolute Gasteiger partial charge is 0.280 e. The van der Waals surface area contributed by atoms with E-state index >= 15 is 0 Å². The van der Waals surface area contributed by atoms with Crippen molar-refractivity contribution in [1.29, 1.82) is 0 Å². The Kier molecular flexibility index (Phi) is 6.94. The van der Waals surface area contributed by atoms with Crippen LogP contribution in [0.15, 0.2) is 30.6 Å². The normalized spacial score (nSPS) is 12.8. The zero-order valence-electron chi connectivity index (χ0n) is 14.9. The number of alkyl halides is 4. The standard InChI is InChI=1S/C19H22F4N2O/c1-11(2)6-12(3)10-26-17-9-25-15(8-14(17)18(20)21)13-4-5-24-16(7-13)19(22)23/h4-5,7-9,11-12,18-19H,6,10H2,1-3H3. The van der Waals surface area contributed by atoms with Crippen LogP contribution in [0.1, 0.15) is 51.3 Å². The van der Waals surface area contributed by atoms with Gasteiger partial charge in [-0.2, -0.15) is 0 Å². The Balaban J connectivity index is 2.24. The molecule has 2 rings (SSSR count). The van der Waals surface area contributed by atoms with Crippen LogP contribution in [-0.4, -0.2) is 16.6 Å². The van der Waals surface area contributed by atoms with Gasteiger partial charge in [-0.25, -0.2) is 17.6 Å². The van der Waals surface area contributed by atoms with Crippen molar-refractivity contribution in [2.24, 2.45) is 11.8 Å². The van der Waals surface area contributed by atoms with E-state index in [2.05, 4.69) is 23.8 Å². The van der Waals surface area contributed by atoms with Crippen LogP contribution in [0, 0.1) is 11.8 Å². The molecule has 3 nitrogen and oxygen atoms in total. The fraction of sp³-hybridized carbons (Fsp3) is 0.474. The first kappa shape index (κ1) is 20.1. The average Bonchev–Trinajstić information content (AvgIpc) is 2.59. The fourth-order valence-corrected chi connectivity index (χ4v) is 2.74. The monoisotopic (exact) mass is 370 g/mol. The maximum atomic E-state index is 13.4. The molecule has 1 atom stereocenters. The molecular formula is C19H22F4N2O. The van der Waals surface area contributed by atoms with Gasteiger partial charge in [0.25, 0.3) is 12.9 Å². The van der Waals surface area contributed by atoms with Crippen LogP contribution in [0.5, 0.6) is 5.75 Å². The number of aromatic nitrogens is 2. The summed E-state index contributed by atoms with van der Waals surface area (Å²) in [6.45, 7) is 6.47. The average molecular weight is 370 g/mol. The van der Waals surface area contributed by atoms with Gasteiger partial charge in [-0.3, -0.25) is 9.97 Å². The van der Waals surface area contributed by atoms with E-state index in [9.17, 15) is 17.6 Å². The summed E-state index contributed by atoms with van der Waals surface area (Å²) in [7, 11) is 0. The number of ether oxygens (including phenoxy) is 1. The molecule has 0 aliphatic heterocycles. The van der Waals surface area contributed by atoms with Gasteiger partial charge in [-0.15, -0.1) is 0 Å². The zero-order valence-corrected chi connectivity index (χ0v) is 14.9. The Hall–Kier alpha value is -2.18. The van der Waals surface area contributed by atoms with Gasteiger partial charge < -0.3 is 4.74 Å². The lowest BCUT2D eigenvalue weighted by atomic mass is 10.00. The second kappa shape index (κ2) is 8.96. The maximum absolute atomic E-state index is 13.4. The van der Waals surface area contributed by atoms with E-state index in [0.717, 1.165) is 12.5 Å². The topological polar surface area (TPSA) is 35.0 Å². The lowest BCUT2D eigenvalue weighted by Crippen LogP contribution is -2.12. The van der Waals surface area contributed by atoms with Gasteiger partial charge >= 0.3 is 0 Å². The number of nitrogens with zero attached hydrogens (tertiary/aromatic N) is 2. The molecular weight excluding hydrogens is 348 g/mol. The Morgan fingerprint density at radius 3 is 2.35 bits per heavy atom. The van der Waals surface area contributed by atoms with Crippen LogP contribution in [0.2, 0.25) is 0 Å². The molecule has 0 N–H and O–H groups in total. The number of pyridine rings is 2. The van der Waals surface area contributed by atoms with E-state index < -0.39 is 18.5 Å². The highest BCUT2D eigenvalue weighted by molar-refractivity contribution is 5.61. The van der Waals surface area contributed by atoms with Crippen molar-refractivity contribution in [1.82, 2.24) is 9.97 Å². The predicted octanol–water partition coefficient (Wildman–Crippen LogP) is 6.08. The van der Waals surface area contributed by atoms with E-state index in [4.69, 9.17) is 4.74 Å². The van der Waals surface area contributed by atoms with Gasteiger partial charge in [0.15, 0.2) is 0 Å². The van der Waals surface area contributed by atoms with Crippen molar-refractivity contribution in [3.8, 4) is 17.0 Å². The van der Waals surface area contributed by atoms with Crippen molar-refractivity contribution in [3.05, 3.63) is 41.9 Å². The van der Waals surface area contributed by atoms with E-state index in [-0.39, 0.29) is 22.9 Å². The van der Waals surface area contributed by atoms with Crippen LogP contribution in [-0.2, 0) is 0 Å². The van der Waals surface area contributed by atoms with E-state index in [1.54, 1.807) is 0 Å². The van der Waals surface area contributed by atoms with Crippen LogP contribution in [0.4, 0.5) is 17.6 Å². The third-order valence-electron chi connectivity index (χ3n) is 3.83. The van der Waals surface area contributed by atoms with Crippen LogP contribution >= 0.6 is 0 Å². The Labute approximate surface area is 150 Å². The minimum Gasteiger partial charge on any atom is -0.491 e. The molecule has 2 aromatic heterocycles. The first-order valence-corrected chi connectivity index (χ1v) is 8.43. The van der Waals surface area contributed by atoms with Gasteiger partial charge in [0.1, 0.15) is 11.4 Å². The summed E-state index contributed by atoms with van der Waals surface area (Å²) in [5, 5.41) is 0. The van der Waals surface area contributed by atoms with Crippen LogP contribution < -0.4 is 4.74 Å². The third kappa shape index (κ3) is 5.41. The van der Waals surface area contributed by atoms with Gasteiger partial charge in [0.2, 0.25) is 0 Å². The van der Waals surface area contributed by atoms with Crippen LogP contribution in [0.3, 0.4) is 0 Å². The predicted molar refractivity (Wildman–Crippen MR) is 91.5 cm³/mol. The van der Waals surface area contributed by atoms with Crippen molar-refractivity contribution in [2.75, 3.05) is 6.61 Å². The Bertz CT molecular complexity index is 722. The van der Waals surface area contributed by atoms with Crippen molar-refractivity contribution in [3.63, 3.8) is 0 Å². The molecule has 0 amide bonds. The summed E-state index contributed by atoms with van der Waals surface area (Å²) >= 11 is 0. The van der Waals surface area contributed by atoms with Gasteiger partial charge in [-0.1, -0.05) is 20.8 Å². The highest BCUT2D eigenvalue weighted by Gasteiger charge is 2.18. The molecule has 142 valence electrons.